The molecule has 1 aromatic rings. The summed E-state index contributed by atoms with van der Waals surface area (Å²) >= 11 is 0. The number of hydrogen-bond acceptors (Lipinski definition) is 3. The van der Waals surface area contributed by atoms with Crippen molar-refractivity contribution in [1.82, 2.24) is 15.5 Å². The van der Waals surface area contributed by atoms with Crippen LogP contribution >= 0.6 is 24.0 Å². The van der Waals surface area contributed by atoms with E-state index in [1.165, 1.54) is 0 Å². The van der Waals surface area contributed by atoms with Crippen molar-refractivity contribution in [2.45, 2.75) is 52.6 Å². The van der Waals surface area contributed by atoms with Crippen molar-refractivity contribution in [1.29, 1.82) is 0 Å². The van der Waals surface area contributed by atoms with Crippen LogP contribution in [0.1, 0.15) is 45.6 Å². The number of anilines is 1. The predicted molar refractivity (Wildman–Crippen MR) is 132 cm³/mol. The number of rotatable bonds is 7. The van der Waals surface area contributed by atoms with Gasteiger partial charge in [0, 0.05) is 37.8 Å². The minimum Gasteiger partial charge on any atom is -0.370 e. The Morgan fingerprint density at radius 3 is 2.57 bits per heavy atom. The van der Waals surface area contributed by atoms with Crippen molar-refractivity contribution < 1.29 is 9.59 Å². The molecule has 0 radical (unpaired) electrons. The second-order valence-electron chi connectivity index (χ2n) is 7.74. The number of carbonyl (C=O) groups excluding carboxylic acids is 2. The molecular formula is C21H35IN6O2. The zero-order chi connectivity index (χ0) is 21.2. The van der Waals surface area contributed by atoms with Crippen LogP contribution in [-0.4, -0.2) is 48.5 Å². The molecule has 1 aliphatic rings. The van der Waals surface area contributed by atoms with Gasteiger partial charge >= 0.3 is 6.03 Å². The van der Waals surface area contributed by atoms with E-state index in [1.54, 1.807) is 0 Å². The van der Waals surface area contributed by atoms with E-state index in [4.69, 9.17) is 10.7 Å². The van der Waals surface area contributed by atoms with E-state index >= 15 is 0 Å². The van der Waals surface area contributed by atoms with E-state index in [1.807, 2.05) is 45.0 Å². The highest BCUT2D eigenvalue weighted by Crippen LogP contribution is 2.19. The van der Waals surface area contributed by atoms with E-state index in [0.29, 0.717) is 13.0 Å². The maximum Gasteiger partial charge on any atom is 0.319 e. The molecule has 0 saturated carbocycles. The van der Waals surface area contributed by atoms with Crippen LogP contribution < -0.4 is 21.7 Å². The minimum absolute atomic E-state index is 0. The van der Waals surface area contributed by atoms with E-state index in [-0.39, 0.29) is 47.9 Å². The molecule has 3 amide bonds. The molecular weight excluding hydrogens is 495 g/mol. The number of primary amides is 1. The van der Waals surface area contributed by atoms with E-state index < -0.39 is 0 Å². The number of carbonyl (C=O) groups is 2. The van der Waals surface area contributed by atoms with Gasteiger partial charge in [-0.05, 0) is 57.2 Å². The summed E-state index contributed by atoms with van der Waals surface area (Å²) in [6.07, 6.45) is 2.48. The van der Waals surface area contributed by atoms with Gasteiger partial charge in [-0.3, -0.25) is 4.79 Å². The topological polar surface area (TPSA) is 112 Å². The van der Waals surface area contributed by atoms with Crippen molar-refractivity contribution in [2.75, 3.05) is 25.0 Å². The number of nitrogens with two attached hydrogens (primary N) is 1. The number of guanidine groups is 1. The Balaban J connectivity index is 0.00000450. The predicted octanol–water partition coefficient (Wildman–Crippen LogP) is 2.89. The molecule has 1 saturated heterocycles. The Morgan fingerprint density at radius 2 is 1.97 bits per heavy atom. The fourth-order valence-corrected chi connectivity index (χ4v) is 3.42. The number of halogens is 1. The number of piperidine rings is 1. The van der Waals surface area contributed by atoms with Crippen LogP contribution in [0.25, 0.3) is 0 Å². The Bertz CT molecular complexity index is 708. The SMILES string of the molecule is CCNC(=NCc1ccc(NC(=O)NC(C)C)cc1)N1CCCC(CC(N)=O)C1.I. The third-order valence-electron chi connectivity index (χ3n) is 4.69. The molecule has 2 rings (SSSR count). The van der Waals surface area contributed by atoms with Gasteiger partial charge in [0.25, 0.3) is 0 Å². The van der Waals surface area contributed by atoms with Crippen molar-refractivity contribution in [2.24, 2.45) is 16.6 Å². The average molecular weight is 530 g/mol. The first kappa shape index (κ1) is 26.0. The second kappa shape index (κ2) is 13.3. The quantitative estimate of drug-likeness (QED) is 0.247. The van der Waals surface area contributed by atoms with Gasteiger partial charge in [-0.1, -0.05) is 12.1 Å². The summed E-state index contributed by atoms with van der Waals surface area (Å²) in [5.41, 5.74) is 7.17. The lowest BCUT2D eigenvalue weighted by atomic mass is 9.95. The zero-order valence-corrected chi connectivity index (χ0v) is 20.4. The van der Waals surface area contributed by atoms with Gasteiger partial charge in [-0.15, -0.1) is 24.0 Å². The Morgan fingerprint density at radius 1 is 1.27 bits per heavy atom. The first-order chi connectivity index (χ1) is 13.9. The molecule has 1 fully saturated rings. The first-order valence-electron chi connectivity index (χ1n) is 10.4. The lowest BCUT2D eigenvalue weighted by Crippen LogP contribution is -2.47. The van der Waals surface area contributed by atoms with Crippen LogP contribution in [-0.2, 0) is 11.3 Å². The highest BCUT2D eigenvalue weighted by Gasteiger charge is 2.23. The molecule has 30 heavy (non-hydrogen) atoms. The number of amides is 3. The number of aliphatic imine (C=N–C) groups is 1. The number of nitrogens with zero attached hydrogens (tertiary/aromatic N) is 2. The van der Waals surface area contributed by atoms with Gasteiger partial charge in [-0.25, -0.2) is 9.79 Å². The lowest BCUT2D eigenvalue weighted by molar-refractivity contribution is -0.119. The molecule has 0 aliphatic carbocycles. The molecule has 1 heterocycles. The highest BCUT2D eigenvalue weighted by atomic mass is 127. The number of benzene rings is 1. The highest BCUT2D eigenvalue weighted by molar-refractivity contribution is 14.0. The maximum atomic E-state index is 11.8. The lowest BCUT2D eigenvalue weighted by Gasteiger charge is -2.34. The summed E-state index contributed by atoms with van der Waals surface area (Å²) < 4.78 is 0. The van der Waals surface area contributed by atoms with Crippen LogP contribution in [0.4, 0.5) is 10.5 Å². The van der Waals surface area contributed by atoms with Crippen LogP contribution in [0.15, 0.2) is 29.3 Å². The van der Waals surface area contributed by atoms with E-state index in [9.17, 15) is 9.59 Å². The van der Waals surface area contributed by atoms with Crippen LogP contribution in [0, 0.1) is 5.92 Å². The van der Waals surface area contributed by atoms with Gasteiger partial charge in [-0.2, -0.15) is 0 Å². The zero-order valence-electron chi connectivity index (χ0n) is 18.1. The van der Waals surface area contributed by atoms with E-state index in [0.717, 1.165) is 49.7 Å². The number of nitrogens with one attached hydrogen (secondary N) is 3. The van der Waals surface area contributed by atoms with Crippen LogP contribution in [0.5, 0.6) is 0 Å². The van der Waals surface area contributed by atoms with Crippen molar-refractivity contribution in [3.05, 3.63) is 29.8 Å². The fraction of sp³-hybridized carbons (Fsp3) is 0.571. The Hall–Kier alpha value is -2.04. The molecule has 0 spiro atoms. The molecule has 1 aliphatic heterocycles. The molecule has 168 valence electrons. The Kier molecular flexibility index (Phi) is 11.5. The monoisotopic (exact) mass is 530 g/mol. The molecule has 9 heteroatoms. The molecule has 8 nitrogen and oxygen atoms in total. The molecule has 5 N–H and O–H groups in total. The largest absolute Gasteiger partial charge is 0.370 e. The summed E-state index contributed by atoms with van der Waals surface area (Å²) in [5.74, 6) is 0.905. The molecule has 0 bridgehead atoms. The summed E-state index contributed by atoms with van der Waals surface area (Å²) in [5, 5.41) is 8.96. The average Bonchev–Trinajstić information content (AvgIpc) is 2.65. The van der Waals surface area contributed by atoms with E-state index in [2.05, 4.69) is 20.9 Å². The summed E-state index contributed by atoms with van der Waals surface area (Å²) in [7, 11) is 0. The maximum absolute atomic E-state index is 11.8. The number of hydrogen-bond donors (Lipinski definition) is 4. The summed E-state index contributed by atoms with van der Waals surface area (Å²) in [6, 6.07) is 7.55. The van der Waals surface area contributed by atoms with Crippen LogP contribution in [0.2, 0.25) is 0 Å². The van der Waals surface area contributed by atoms with Gasteiger partial charge in [0.15, 0.2) is 5.96 Å². The fourth-order valence-electron chi connectivity index (χ4n) is 3.42. The van der Waals surface area contributed by atoms with Gasteiger partial charge in [0.2, 0.25) is 5.91 Å². The minimum atomic E-state index is -0.241. The van der Waals surface area contributed by atoms with Gasteiger partial charge in [0.05, 0.1) is 6.54 Å². The summed E-state index contributed by atoms with van der Waals surface area (Å²) in [4.78, 5) is 30.0. The second-order valence-corrected chi connectivity index (χ2v) is 7.74. The number of urea groups is 1. The third kappa shape index (κ3) is 9.19. The van der Waals surface area contributed by atoms with Crippen molar-refractivity contribution in [3.63, 3.8) is 0 Å². The molecule has 1 aromatic carbocycles. The third-order valence-corrected chi connectivity index (χ3v) is 4.69. The molecule has 1 unspecified atom stereocenters. The molecule has 0 aromatic heterocycles. The molecule has 1 atom stereocenters. The first-order valence-corrected chi connectivity index (χ1v) is 10.4. The van der Waals surface area contributed by atoms with Gasteiger partial charge < -0.3 is 26.6 Å². The smallest absolute Gasteiger partial charge is 0.319 e. The van der Waals surface area contributed by atoms with Crippen LogP contribution in [0.3, 0.4) is 0 Å². The number of likely N-dealkylation sites (tertiary alicyclic amines) is 1. The standard InChI is InChI=1S/C21H34N6O2.HI/c1-4-23-20(27-11-5-6-17(14-27)12-19(22)28)24-13-16-7-9-18(10-8-16)26-21(29)25-15(2)3;/h7-10,15,17H,4-6,11-14H2,1-3H3,(H2,22,28)(H,23,24)(H2,25,26,29);1H. The van der Waals surface area contributed by atoms with Crippen molar-refractivity contribution in [3.8, 4) is 0 Å². The van der Waals surface area contributed by atoms with Crippen molar-refractivity contribution >= 4 is 47.6 Å². The van der Waals surface area contributed by atoms with Gasteiger partial charge in [0.1, 0.15) is 0 Å². The summed E-state index contributed by atoms with van der Waals surface area (Å²) in [6.45, 7) is 8.92. The Labute approximate surface area is 196 Å². The normalized spacial score (nSPS) is 16.6.